The monoisotopic (exact) mass is 375 g/mol. The molecule has 0 saturated heterocycles. The van der Waals surface area contributed by atoms with Gasteiger partial charge < -0.3 is 9.74 Å². The van der Waals surface area contributed by atoms with Crippen LogP contribution < -0.4 is 0 Å². The highest BCUT2D eigenvalue weighted by atomic mass is 16.6. The van der Waals surface area contributed by atoms with Gasteiger partial charge in [0.1, 0.15) is 12.7 Å². The summed E-state index contributed by atoms with van der Waals surface area (Å²) in [7, 11) is 1.79. The molecule has 1 aromatic heterocycles. The Hall–Kier alpha value is -3.48. The summed E-state index contributed by atoms with van der Waals surface area (Å²) in [6, 6.07) is 17.6. The fraction of sp³-hybridized carbons (Fsp3) is 0.238. The zero-order chi connectivity index (χ0) is 19.5. The molecule has 142 valence electrons. The summed E-state index contributed by atoms with van der Waals surface area (Å²) < 4.78 is 1.69. The van der Waals surface area contributed by atoms with Gasteiger partial charge in [0.25, 0.3) is 5.91 Å². The maximum absolute atomic E-state index is 12.9. The third-order valence-corrected chi connectivity index (χ3v) is 5.04. The van der Waals surface area contributed by atoms with E-state index in [9.17, 15) is 4.79 Å². The molecule has 28 heavy (non-hydrogen) atoms. The number of amides is 1. The van der Waals surface area contributed by atoms with Crippen LogP contribution in [0.5, 0.6) is 0 Å². The second-order valence-electron chi connectivity index (χ2n) is 6.76. The van der Waals surface area contributed by atoms with Crippen LogP contribution in [-0.2, 0) is 9.63 Å². The van der Waals surface area contributed by atoms with Gasteiger partial charge in [0.15, 0.2) is 0 Å². The summed E-state index contributed by atoms with van der Waals surface area (Å²) in [4.78, 5) is 24.0. The Bertz CT molecular complexity index is 968. The van der Waals surface area contributed by atoms with E-state index in [4.69, 9.17) is 4.84 Å². The van der Waals surface area contributed by atoms with Crippen molar-refractivity contribution in [3.05, 3.63) is 78.4 Å². The van der Waals surface area contributed by atoms with Crippen molar-refractivity contribution in [3.8, 4) is 5.69 Å². The van der Waals surface area contributed by atoms with Crippen LogP contribution in [0, 0.1) is 0 Å². The molecule has 4 rings (SSSR count). The first kappa shape index (κ1) is 17.9. The maximum Gasteiger partial charge on any atom is 0.267 e. The fourth-order valence-corrected chi connectivity index (χ4v) is 3.20. The number of carbonyl (C=O) groups excluding carboxylic acids is 1. The highest BCUT2D eigenvalue weighted by Gasteiger charge is 2.33. The second-order valence-corrected chi connectivity index (χ2v) is 6.76. The first-order valence-corrected chi connectivity index (χ1v) is 9.13. The number of oxime groups is 1. The van der Waals surface area contributed by atoms with Gasteiger partial charge in [-0.05, 0) is 30.2 Å². The molecule has 0 bridgehead atoms. The van der Waals surface area contributed by atoms with E-state index in [1.807, 2.05) is 61.5 Å². The molecule has 2 unspecified atom stereocenters. The summed E-state index contributed by atoms with van der Waals surface area (Å²) >= 11 is 0. The molecule has 0 aliphatic carbocycles. The first-order chi connectivity index (χ1) is 13.6. The van der Waals surface area contributed by atoms with Crippen molar-refractivity contribution in [3.63, 3.8) is 0 Å². The lowest BCUT2D eigenvalue weighted by Gasteiger charge is -2.27. The van der Waals surface area contributed by atoms with Gasteiger partial charge in [-0.15, -0.1) is 0 Å². The Morgan fingerprint density at radius 2 is 1.93 bits per heavy atom. The van der Waals surface area contributed by atoms with E-state index < -0.39 is 6.10 Å². The molecule has 3 aromatic rings. The van der Waals surface area contributed by atoms with Gasteiger partial charge in [0, 0.05) is 13.5 Å². The van der Waals surface area contributed by atoms with Crippen molar-refractivity contribution in [2.45, 2.75) is 25.5 Å². The minimum absolute atomic E-state index is 0.0810. The van der Waals surface area contributed by atoms with Gasteiger partial charge in [-0.25, -0.2) is 9.67 Å². The molecule has 0 saturated carbocycles. The average molecular weight is 375 g/mol. The molecule has 7 heteroatoms. The molecule has 1 aliphatic heterocycles. The number of nitrogens with zero attached hydrogens (tertiary/aromatic N) is 5. The highest BCUT2D eigenvalue weighted by molar-refractivity contribution is 6.04. The summed E-state index contributed by atoms with van der Waals surface area (Å²) in [5.41, 5.74) is 3.73. The quantitative estimate of drug-likeness (QED) is 0.687. The highest BCUT2D eigenvalue weighted by Crippen LogP contribution is 2.24. The molecule has 2 atom stereocenters. The van der Waals surface area contributed by atoms with Crippen molar-refractivity contribution >= 4 is 11.6 Å². The standard InChI is InChI=1S/C21H21N5O2/c1-15(16-8-10-18(11-9-16)26-14-22-13-23-26)25(2)21(27)20-12-19(24-28-20)17-6-4-3-5-7-17/h3-11,13-15,20H,12H2,1-2H3. The zero-order valence-electron chi connectivity index (χ0n) is 15.8. The lowest BCUT2D eigenvalue weighted by atomic mass is 10.0. The normalized spacial score (nSPS) is 16.9. The molecule has 0 N–H and O–H groups in total. The van der Waals surface area contributed by atoms with Gasteiger partial charge >= 0.3 is 0 Å². The number of hydrogen-bond acceptors (Lipinski definition) is 5. The van der Waals surface area contributed by atoms with E-state index in [1.54, 1.807) is 23.0 Å². The SMILES string of the molecule is CC(c1ccc(-n2cncn2)cc1)N(C)C(=O)C1CC(c2ccccc2)=NO1. The summed E-state index contributed by atoms with van der Waals surface area (Å²) in [5.74, 6) is -0.0810. The summed E-state index contributed by atoms with van der Waals surface area (Å²) in [5, 5.41) is 8.24. The average Bonchev–Trinajstić information content (AvgIpc) is 3.45. The molecule has 2 heterocycles. The Morgan fingerprint density at radius 3 is 2.61 bits per heavy atom. The predicted octanol–water partition coefficient (Wildman–Crippen LogP) is 2.98. The first-order valence-electron chi connectivity index (χ1n) is 9.13. The van der Waals surface area contributed by atoms with E-state index in [2.05, 4.69) is 15.2 Å². The van der Waals surface area contributed by atoms with Crippen LogP contribution in [0.25, 0.3) is 5.69 Å². The van der Waals surface area contributed by atoms with Gasteiger partial charge in [-0.3, -0.25) is 4.79 Å². The fourth-order valence-electron chi connectivity index (χ4n) is 3.20. The third-order valence-electron chi connectivity index (χ3n) is 5.04. The molecule has 1 aliphatic rings. The van der Waals surface area contributed by atoms with Crippen LogP contribution in [0.4, 0.5) is 0 Å². The van der Waals surface area contributed by atoms with Gasteiger partial charge in [-0.1, -0.05) is 47.6 Å². The molecule has 0 fully saturated rings. The van der Waals surface area contributed by atoms with Gasteiger partial charge in [0.05, 0.1) is 17.4 Å². The van der Waals surface area contributed by atoms with Crippen molar-refractivity contribution in [1.82, 2.24) is 19.7 Å². The lowest BCUT2D eigenvalue weighted by Crippen LogP contribution is -2.38. The number of carbonyl (C=O) groups is 1. The maximum atomic E-state index is 12.9. The molecule has 0 radical (unpaired) electrons. The van der Waals surface area contributed by atoms with E-state index in [0.717, 1.165) is 22.5 Å². The third kappa shape index (κ3) is 3.51. The van der Waals surface area contributed by atoms with Crippen LogP contribution in [0.2, 0.25) is 0 Å². The van der Waals surface area contributed by atoms with Crippen molar-refractivity contribution in [2.24, 2.45) is 5.16 Å². The largest absolute Gasteiger partial charge is 0.382 e. The van der Waals surface area contributed by atoms with E-state index >= 15 is 0 Å². The Labute approximate surface area is 163 Å². The van der Waals surface area contributed by atoms with Crippen molar-refractivity contribution < 1.29 is 9.63 Å². The Morgan fingerprint density at radius 1 is 1.18 bits per heavy atom. The number of aromatic nitrogens is 3. The number of rotatable bonds is 5. The van der Waals surface area contributed by atoms with Crippen LogP contribution in [0.15, 0.2) is 72.4 Å². The topological polar surface area (TPSA) is 72.6 Å². The number of benzene rings is 2. The molecule has 2 aromatic carbocycles. The van der Waals surface area contributed by atoms with Crippen molar-refractivity contribution in [2.75, 3.05) is 7.05 Å². The summed E-state index contributed by atoms with van der Waals surface area (Å²) in [6.07, 6.45) is 3.04. The van der Waals surface area contributed by atoms with E-state index in [-0.39, 0.29) is 11.9 Å². The zero-order valence-corrected chi connectivity index (χ0v) is 15.8. The Balaban J connectivity index is 1.41. The van der Waals surface area contributed by atoms with Gasteiger partial charge in [-0.2, -0.15) is 5.10 Å². The number of likely N-dealkylation sites (N-methyl/N-ethyl adjacent to an activating group) is 1. The van der Waals surface area contributed by atoms with Crippen LogP contribution in [0.3, 0.4) is 0 Å². The molecule has 1 amide bonds. The Kier molecular flexibility index (Phi) is 4.89. The van der Waals surface area contributed by atoms with Crippen LogP contribution in [0.1, 0.15) is 30.5 Å². The lowest BCUT2D eigenvalue weighted by molar-refractivity contribution is -0.142. The van der Waals surface area contributed by atoms with Crippen LogP contribution >= 0.6 is 0 Å². The predicted molar refractivity (Wildman–Crippen MR) is 105 cm³/mol. The minimum atomic E-state index is -0.586. The van der Waals surface area contributed by atoms with Crippen molar-refractivity contribution in [1.29, 1.82) is 0 Å². The van der Waals surface area contributed by atoms with Crippen LogP contribution in [-0.4, -0.2) is 44.4 Å². The molecular weight excluding hydrogens is 354 g/mol. The minimum Gasteiger partial charge on any atom is -0.382 e. The number of hydrogen-bond donors (Lipinski definition) is 0. The van der Waals surface area contributed by atoms with E-state index in [0.29, 0.717) is 6.42 Å². The molecular formula is C21H21N5O2. The smallest absolute Gasteiger partial charge is 0.267 e. The summed E-state index contributed by atoms with van der Waals surface area (Å²) in [6.45, 7) is 2.00. The van der Waals surface area contributed by atoms with Gasteiger partial charge in [0.2, 0.25) is 6.10 Å². The molecule has 0 spiro atoms. The second kappa shape index (κ2) is 7.64. The molecule has 7 nitrogen and oxygen atoms in total. The van der Waals surface area contributed by atoms with E-state index in [1.165, 1.54) is 6.33 Å².